The second kappa shape index (κ2) is 4.52. The molecule has 0 aliphatic carbocycles. The van der Waals surface area contributed by atoms with Crippen molar-refractivity contribution >= 4 is 0 Å². The van der Waals surface area contributed by atoms with Crippen molar-refractivity contribution in [2.75, 3.05) is 19.6 Å². The lowest BCUT2D eigenvalue weighted by Gasteiger charge is -2.28. The molecule has 0 unspecified atom stereocenters. The molecule has 0 spiro atoms. The first-order valence-electron chi connectivity index (χ1n) is 4.42. The highest BCUT2D eigenvalue weighted by Gasteiger charge is 2.13. The topological polar surface area (TPSA) is 29.3 Å². The van der Waals surface area contributed by atoms with E-state index in [1.165, 1.54) is 13.1 Å². The summed E-state index contributed by atoms with van der Waals surface area (Å²) in [6, 6.07) is 0.455. The van der Waals surface area contributed by atoms with Gasteiger partial charge in [0.05, 0.1) is 0 Å². The van der Waals surface area contributed by atoms with Crippen LogP contribution in [0.2, 0.25) is 0 Å². The van der Waals surface area contributed by atoms with Gasteiger partial charge in [-0.3, -0.25) is 4.90 Å². The average Bonchev–Trinajstić information content (AvgIpc) is 2.04. The quantitative estimate of drug-likeness (QED) is 0.601. The van der Waals surface area contributed by atoms with Gasteiger partial charge in [0.2, 0.25) is 0 Å². The summed E-state index contributed by atoms with van der Waals surface area (Å²) in [4.78, 5) is 2.45. The minimum Gasteiger partial charge on any atom is -0.328 e. The Morgan fingerprint density at radius 1 is 1.45 bits per heavy atom. The Labute approximate surface area is 69.1 Å². The fourth-order valence-corrected chi connectivity index (χ4v) is 1.39. The Balaban J connectivity index is 2.17. The van der Waals surface area contributed by atoms with E-state index < -0.39 is 0 Å². The van der Waals surface area contributed by atoms with Crippen LogP contribution in [0, 0.1) is 0 Å². The number of nitrogens with two attached hydrogens (primary N) is 1. The number of hydrogen-bond acceptors (Lipinski definition) is 2. The molecule has 0 aromatic heterocycles. The van der Waals surface area contributed by atoms with E-state index in [-0.39, 0.29) is 0 Å². The molecule has 0 amide bonds. The Bertz CT molecular complexity index is 124. The van der Waals surface area contributed by atoms with Gasteiger partial charge in [-0.1, -0.05) is 12.2 Å². The van der Waals surface area contributed by atoms with Gasteiger partial charge in [0, 0.05) is 12.6 Å². The van der Waals surface area contributed by atoms with Gasteiger partial charge >= 0.3 is 0 Å². The van der Waals surface area contributed by atoms with Crippen LogP contribution >= 0.6 is 0 Å². The molecule has 2 N–H and O–H groups in total. The molecule has 2 nitrogen and oxygen atoms in total. The summed E-state index contributed by atoms with van der Waals surface area (Å²) < 4.78 is 0. The van der Waals surface area contributed by atoms with Crippen LogP contribution in [-0.4, -0.2) is 30.6 Å². The van der Waals surface area contributed by atoms with E-state index in [1.54, 1.807) is 0 Å². The molecule has 0 saturated carbocycles. The third-order valence-corrected chi connectivity index (χ3v) is 2.23. The Hall–Kier alpha value is -0.340. The summed E-state index contributed by atoms with van der Waals surface area (Å²) in [7, 11) is 0. The summed E-state index contributed by atoms with van der Waals surface area (Å²) in [6.07, 6.45) is 6.64. The molecule has 0 bridgehead atoms. The second-order valence-electron chi connectivity index (χ2n) is 3.21. The van der Waals surface area contributed by atoms with Crippen molar-refractivity contribution in [1.29, 1.82) is 0 Å². The number of nitrogens with zero attached hydrogens (tertiary/aromatic N) is 1. The van der Waals surface area contributed by atoms with Crippen LogP contribution in [-0.2, 0) is 0 Å². The fraction of sp³-hybridized carbons (Fsp3) is 0.778. The molecule has 1 aliphatic rings. The number of piperidine rings is 1. The Kier molecular flexibility index (Phi) is 3.60. The van der Waals surface area contributed by atoms with E-state index in [1.807, 2.05) is 0 Å². The molecule has 1 fully saturated rings. The number of hydrogen-bond donors (Lipinski definition) is 1. The largest absolute Gasteiger partial charge is 0.328 e. The first kappa shape index (κ1) is 8.75. The van der Waals surface area contributed by atoms with Gasteiger partial charge in [-0.25, -0.2) is 0 Å². The van der Waals surface area contributed by atoms with E-state index in [4.69, 9.17) is 5.73 Å². The maximum atomic E-state index is 5.78. The third kappa shape index (κ3) is 3.04. The fourth-order valence-electron chi connectivity index (χ4n) is 1.39. The van der Waals surface area contributed by atoms with Crippen LogP contribution in [0.15, 0.2) is 12.2 Å². The lowest BCUT2D eigenvalue weighted by atomic mass is 10.1. The smallest absolute Gasteiger partial charge is 0.0163 e. The number of allylic oxidation sites excluding steroid dienone is 1. The van der Waals surface area contributed by atoms with Crippen molar-refractivity contribution < 1.29 is 0 Å². The summed E-state index contributed by atoms with van der Waals surface area (Å²) in [6.45, 7) is 5.51. The van der Waals surface area contributed by atoms with Crippen LogP contribution in [0.1, 0.15) is 19.8 Å². The molecule has 1 rings (SSSR count). The first-order valence-corrected chi connectivity index (χ1v) is 4.42. The number of likely N-dealkylation sites (tertiary alicyclic amines) is 1. The van der Waals surface area contributed by atoms with Gasteiger partial charge in [-0.15, -0.1) is 0 Å². The van der Waals surface area contributed by atoms with Gasteiger partial charge in [0.1, 0.15) is 0 Å². The molecule has 1 saturated heterocycles. The molecule has 0 radical (unpaired) electrons. The van der Waals surface area contributed by atoms with E-state index in [9.17, 15) is 0 Å². The minimum atomic E-state index is 0.455. The van der Waals surface area contributed by atoms with Crippen molar-refractivity contribution in [3.63, 3.8) is 0 Å². The summed E-state index contributed by atoms with van der Waals surface area (Å²) >= 11 is 0. The zero-order valence-corrected chi connectivity index (χ0v) is 7.29. The van der Waals surface area contributed by atoms with E-state index in [0.717, 1.165) is 19.4 Å². The summed E-state index contributed by atoms with van der Waals surface area (Å²) in [5, 5.41) is 0. The monoisotopic (exact) mass is 154 g/mol. The molecular weight excluding hydrogens is 136 g/mol. The van der Waals surface area contributed by atoms with Gasteiger partial charge in [-0.05, 0) is 32.9 Å². The second-order valence-corrected chi connectivity index (χ2v) is 3.21. The van der Waals surface area contributed by atoms with E-state index in [0.29, 0.717) is 6.04 Å². The third-order valence-electron chi connectivity index (χ3n) is 2.23. The van der Waals surface area contributed by atoms with Gasteiger partial charge < -0.3 is 5.73 Å². The normalized spacial score (nSPS) is 23.1. The lowest BCUT2D eigenvalue weighted by molar-refractivity contribution is 0.233. The zero-order valence-electron chi connectivity index (χ0n) is 7.29. The standard InChI is InChI=1S/C9H18N2/c1-2-3-6-11-7-4-9(10)5-8-11/h2-3,9H,4-8,10H2,1H3/b3-2+. The maximum absolute atomic E-state index is 5.78. The van der Waals surface area contributed by atoms with E-state index >= 15 is 0 Å². The zero-order chi connectivity index (χ0) is 8.10. The average molecular weight is 154 g/mol. The molecular formula is C9H18N2. The number of rotatable bonds is 2. The SMILES string of the molecule is C/C=C/CN1CCC(N)CC1. The van der Waals surface area contributed by atoms with Gasteiger partial charge in [0.25, 0.3) is 0 Å². The van der Waals surface area contributed by atoms with Gasteiger partial charge in [0.15, 0.2) is 0 Å². The van der Waals surface area contributed by atoms with E-state index in [2.05, 4.69) is 24.0 Å². The van der Waals surface area contributed by atoms with Gasteiger partial charge in [-0.2, -0.15) is 0 Å². The predicted molar refractivity (Wildman–Crippen MR) is 48.5 cm³/mol. The molecule has 0 aromatic rings. The van der Waals surface area contributed by atoms with Crippen molar-refractivity contribution in [3.05, 3.63) is 12.2 Å². The molecule has 64 valence electrons. The van der Waals surface area contributed by atoms with Crippen LogP contribution in [0.25, 0.3) is 0 Å². The van der Waals surface area contributed by atoms with Crippen LogP contribution in [0.5, 0.6) is 0 Å². The highest BCUT2D eigenvalue weighted by Crippen LogP contribution is 2.07. The van der Waals surface area contributed by atoms with Crippen molar-refractivity contribution in [2.24, 2.45) is 5.73 Å². The minimum absolute atomic E-state index is 0.455. The first-order chi connectivity index (χ1) is 5.33. The highest BCUT2D eigenvalue weighted by atomic mass is 15.1. The summed E-state index contributed by atoms with van der Waals surface area (Å²) in [5.74, 6) is 0. The molecule has 1 aliphatic heterocycles. The Morgan fingerprint density at radius 3 is 2.64 bits per heavy atom. The molecule has 2 heteroatoms. The molecule has 1 heterocycles. The lowest BCUT2D eigenvalue weighted by Crippen LogP contribution is -2.39. The van der Waals surface area contributed by atoms with Crippen LogP contribution in [0.4, 0.5) is 0 Å². The van der Waals surface area contributed by atoms with Crippen LogP contribution in [0.3, 0.4) is 0 Å². The molecule has 0 atom stereocenters. The predicted octanol–water partition coefficient (Wildman–Crippen LogP) is 0.986. The maximum Gasteiger partial charge on any atom is 0.0163 e. The van der Waals surface area contributed by atoms with Crippen LogP contribution < -0.4 is 5.73 Å². The van der Waals surface area contributed by atoms with Crippen molar-refractivity contribution in [2.45, 2.75) is 25.8 Å². The van der Waals surface area contributed by atoms with Crippen molar-refractivity contribution in [3.8, 4) is 0 Å². The molecule has 0 aromatic carbocycles. The summed E-state index contributed by atoms with van der Waals surface area (Å²) in [5.41, 5.74) is 5.78. The Morgan fingerprint density at radius 2 is 2.09 bits per heavy atom. The molecule has 11 heavy (non-hydrogen) atoms. The van der Waals surface area contributed by atoms with Crippen molar-refractivity contribution in [1.82, 2.24) is 4.90 Å². The highest BCUT2D eigenvalue weighted by molar-refractivity contribution is 4.84.